The summed E-state index contributed by atoms with van der Waals surface area (Å²) >= 11 is 0. The fourth-order valence-electron chi connectivity index (χ4n) is 2.08. The van der Waals surface area contributed by atoms with Crippen LogP contribution in [-0.2, 0) is 6.42 Å². The smallest absolute Gasteiger partial charge is 0.122 e. The molecule has 0 radical (unpaired) electrons. The molecule has 2 heteroatoms. The van der Waals surface area contributed by atoms with Gasteiger partial charge in [-0.3, -0.25) is 0 Å². The van der Waals surface area contributed by atoms with Gasteiger partial charge in [0.15, 0.2) is 0 Å². The van der Waals surface area contributed by atoms with E-state index in [4.69, 9.17) is 4.74 Å². The molecule has 1 aromatic carbocycles. The Morgan fingerprint density at radius 1 is 1.22 bits per heavy atom. The third kappa shape index (κ3) is 5.09. The molecular weight excluding hydrogens is 224 g/mol. The number of hydrogen-bond acceptors (Lipinski definition) is 2. The van der Waals surface area contributed by atoms with E-state index in [-0.39, 0.29) is 6.61 Å². The van der Waals surface area contributed by atoms with E-state index in [0.29, 0.717) is 11.3 Å². The molecule has 0 aliphatic rings. The third-order valence-electron chi connectivity index (χ3n) is 3.26. The molecule has 1 unspecified atom stereocenters. The maximum absolute atomic E-state index is 9.51. The lowest BCUT2D eigenvalue weighted by Crippen LogP contribution is -2.14. The Labute approximate surface area is 111 Å². The number of aliphatic hydroxyl groups is 1. The Kier molecular flexibility index (Phi) is 5.67. The van der Waals surface area contributed by atoms with Crippen LogP contribution in [0.1, 0.15) is 39.2 Å². The van der Waals surface area contributed by atoms with E-state index in [9.17, 15) is 5.11 Å². The highest BCUT2D eigenvalue weighted by molar-refractivity contribution is 5.33. The largest absolute Gasteiger partial charge is 0.496 e. The zero-order chi connectivity index (χ0) is 13.6. The van der Waals surface area contributed by atoms with Crippen molar-refractivity contribution in [2.75, 3.05) is 13.7 Å². The van der Waals surface area contributed by atoms with Crippen LogP contribution in [0.2, 0.25) is 0 Å². The van der Waals surface area contributed by atoms with Crippen LogP contribution in [0.5, 0.6) is 5.75 Å². The first-order valence-corrected chi connectivity index (χ1v) is 6.69. The zero-order valence-corrected chi connectivity index (χ0v) is 12.1. The van der Waals surface area contributed by atoms with Gasteiger partial charge in [-0.1, -0.05) is 39.0 Å². The molecule has 0 heterocycles. The molecule has 2 nitrogen and oxygen atoms in total. The van der Waals surface area contributed by atoms with Crippen LogP contribution in [0, 0.1) is 11.3 Å². The van der Waals surface area contributed by atoms with Gasteiger partial charge in [-0.05, 0) is 42.2 Å². The summed E-state index contributed by atoms with van der Waals surface area (Å²) in [4.78, 5) is 0. The predicted octanol–water partition coefficient (Wildman–Crippen LogP) is 3.67. The minimum atomic E-state index is 0.244. The van der Waals surface area contributed by atoms with E-state index in [2.05, 4.69) is 26.8 Å². The van der Waals surface area contributed by atoms with Crippen LogP contribution in [-0.4, -0.2) is 18.8 Å². The Balaban J connectivity index is 2.62. The number of benzene rings is 1. The van der Waals surface area contributed by atoms with E-state index >= 15 is 0 Å². The predicted molar refractivity (Wildman–Crippen MR) is 76.0 cm³/mol. The zero-order valence-electron chi connectivity index (χ0n) is 12.1. The maximum atomic E-state index is 9.51. The van der Waals surface area contributed by atoms with Crippen LogP contribution in [0.25, 0.3) is 0 Å². The maximum Gasteiger partial charge on any atom is 0.122 e. The van der Waals surface area contributed by atoms with Gasteiger partial charge in [0.05, 0.1) is 7.11 Å². The van der Waals surface area contributed by atoms with E-state index in [1.54, 1.807) is 7.11 Å². The summed E-state index contributed by atoms with van der Waals surface area (Å²) in [5, 5.41) is 9.51. The molecule has 0 fully saturated rings. The van der Waals surface area contributed by atoms with Crippen LogP contribution in [0.4, 0.5) is 0 Å². The molecule has 18 heavy (non-hydrogen) atoms. The van der Waals surface area contributed by atoms with E-state index < -0.39 is 0 Å². The fraction of sp³-hybridized carbons (Fsp3) is 0.625. The number of rotatable bonds is 6. The molecule has 0 saturated heterocycles. The van der Waals surface area contributed by atoms with E-state index in [1.165, 1.54) is 5.56 Å². The molecule has 1 aromatic rings. The normalized spacial score (nSPS) is 13.4. The van der Waals surface area contributed by atoms with Gasteiger partial charge in [0.2, 0.25) is 0 Å². The Bertz CT molecular complexity index is 352. The second kappa shape index (κ2) is 6.79. The number of hydrogen-bond donors (Lipinski definition) is 1. The van der Waals surface area contributed by atoms with Crippen molar-refractivity contribution in [1.29, 1.82) is 0 Å². The first kappa shape index (κ1) is 15.0. The molecule has 1 atom stereocenters. The lowest BCUT2D eigenvalue weighted by molar-refractivity contribution is 0.199. The van der Waals surface area contributed by atoms with Crippen molar-refractivity contribution in [3.63, 3.8) is 0 Å². The average Bonchev–Trinajstić information content (AvgIpc) is 2.33. The van der Waals surface area contributed by atoms with E-state index in [1.807, 2.05) is 18.2 Å². The molecule has 0 aromatic heterocycles. The second-order valence-electron chi connectivity index (χ2n) is 6.16. The van der Waals surface area contributed by atoms with Crippen molar-refractivity contribution >= 4 is 0 Å². The highest BCUT2D eigenvalue weighted by Crippen LogP contribution is 2.27. The highest BCUT2D eigenvalue weighted by atomic mass is 16.5. The standard InChI is InChI=1S/C16H26O2/c1-16(2,3)10-9-13(12-17)11-14-7-5-6-8-15(14)18-4/h5-8,13,17H,9-12H2,1-4H3. The first-order chi connectivity index (χ1) is 8.46. The van der Waals surface area contributed by atoms with Crippen molar-refractivity contribution in [3.05, 3.63) is 29.8 Å². The topological polar surface area (TPSA) is 29.5 Å². The SMILES string of the molecule is COc1ccccc1CC(CO)CCC(C)(C)C. The lowest BCUT2D eigenvalue weighted by Gasteiger charge is -2.22. The minimum Gasteiger partial charge on any atom is -0.496 e. The van der Waals surface area contributed by atoms with Crippen LogP contribution in [0.15, 0.2) is 24.3 Å². The van der Waals surface area contributed by atoms with Crippen LogP contribution in [0.3, 0.4) is 0 Å². The molecule has 0 saturated carbocycles. The molecule has 0 aliphatic heterocycles. The van der Waals surface area contributed by atoms with Gasteiger partial charge in [-0.15, -0.1) is 0 Å². The summed E-state index contributed by atoms with van der Waals surface area (Å²) in [6.45, 7) is 6.97. The molecule has 0 bridgehead atoms. The number of methoxy groups -OCH3 is 1. The van der Waals surface area contributed by atoms with Crippen LogP contribution < -0.4 is 4.74 Å². The molecule has 0 spiro atoms. The number of ether oxygens (including phenoxy) is 1. The average molecular weight is 250 g/mol. The van der Waals surface area contributed by atoms with Crippen molar-refractivity contribution in [2.24, 2.45) is 11.3 Å². The Morgan fingerprint density at radius 3 is 2.44 bits per heavy atom. The van der Waals surface area contributed by atoms with E-state index in [0.717, 1.165) is 25.0 Å². The summed E-state index contributed by atoms with van der Waals surface area (Å²) in [7, 11) is 1.70. The van der Waals surface area contributed by atoms with Gasteiger partial charge >= 0.3 is 0 Å². The number of para-hydroxylation sites is 1. The summed E-state index contributed by atoms with van der Waals surface area (Å²) in [6.07, 6.45) is 3.07. The summed E-state index contributed by atoms with van der Waals surface area (Å²) in [5.41, 5.74) is 1.52. The monoisotopic (exact) mass is 250 g/mol. The summed E-state index contributed by atoms with van der Waals surface area (Å²) < 4.78 is 5.35. The van der Waals surface area contributed by atoms with Crippen molar-refractivity contribution in [2.45, 2.75) is 40.0 Å². The molecule has 1 N–H and O–H groups in total. The van der Waals surface area contributed by atoms with Crippen LogP contribution >= 0.6 is 0 Å². The Morgan fingerprint density at radius 2 is 1.89 bits per heavy atom. The molecule has 0 aliphatic carbocycles. The molecule has 1 rings (SSSR count). The summed E-state index contributed by atoms with van der Waals surface area (Å²) in [5.74, 6) is 1.24. The molecule has 102 valence electrons. The third-order valence-corrected chi connectivity index (χ3v) is 3.26. The van der Waals surface area contributed by atoms with Gasteiger partial charge < -0.3 is 9.84 Å². The fourth-order valence-corrected chi connectivity index (χ4v) is 2.08. The summed E-state index contributed by atoms with van der Waals surface area (Å²) in [6, 6.07) is 8.06. The minimum absolute atomic E-state index is 0.244. The van der Waals surface area contributed by atoms with Gasteiger partial charge in [0.1, 0.15) is 5.75 Å². The van der Waals surface area contributed by atoms with Gasteiger partial charge in [-0.2, -0.15) is 0 Å². The van der Waals surface area contributed by atoms with Crippen molar-refractivity contribution in [1.82, 2.24) is 0 Å². The van der Waals surface area contributed by atoms with Gasteiger partial charge in [-0.25, -0.2) is 0 Å². The number of aliphatic hydroxyl groups excluding tert-OH is 1. The first-order valence-electron chi connectivity index (χ1n) is 6.69. The van der Waals surface area contributed by atoms with Crippen molar-refractivity contribution in [3.8, 4) is 5.75 Å². The lowest BCUT2D eigenvalue weighted by atomic mass is 9.85. The second-order valence-corrected chi connectivity index (χ2v) is 6.16. The highest BCUT2D eigenvalue weighted by Gasteiger charge is 2.16. The van der Waals surface area contributed by atoms with Crippen molar-refractivity contribution < 1.29 is 9.84 Å². The molecular formula is C16H26O2. The van der Waals surface area contributed by atoms with Gasteiger partial charge in [0.25, 0.3) is 0 Å². The quantitative estimate of drug-likeness (QED) is 0.834. The van der Waals surface area contributed by atoms with Gasteiger partial charge in [0, 0.05) is 6.61 Å². The molecule has 0 amide bonds. The Hall–Kier alpha value is -1.02.